The van der Waals surface area contributed by atoms with E-state index in [0.717, 1.165) is 17.6 Å². The molecule has 164 valence electrons. The Bertz CT molecular complexity index is 999. The molecular formula is C22H30FN3O3S. The van der Waals surface area contributed by atoms with Crippen molar-refractivity contribution in [1.29, 1.82) is 0 Å². The first-order chi connectivity index (χ1) is 14.0. The van der Waals surface area contributed by atoms with Crippen molar-refractivity contribution in [3.05, 3.63) is 65.0 Å². The zero-order valence-corrected chi connectivity index (χ0v) is 18.9. The lowest BCUT2D eigenvalue weighted by atomic mass is 10.1. The molecule has 8 heteroatoms. The van der Waals surface area contributed by atoms with Crippen LogP contribution >= 0.6 is 0 Å². The summed E-state index contributed by atoms with van der Waals surface area (Å²) >= 11 is 0. The number of para-hydroxylation sites is 1. The maximum atomic E-state index is 13.7. The van der Waals surface area contributed by atoms with Crippen LogP contribution < -0.4 is 15.4 Å². The number of guanidine groups is 1. The molecule has 0 aliphatic rings. The van der Waals surface area contributed by atoms with E-state index in [2.05, 4.69) is 15.6 Å². The van der Waals surface area contributed by atoms with Crippen molar-refractivity contribution in [1.82, 2.24) is 10.6 Å². The highest BCUT2D eigenvalue weighted by molar-refractivity contribution is 7.89. The van der Waals surface area contributed by atoms with Crippen molar-refractivity contribution >= 4 is 15.8 Å². The summed E-state index contributed by atoms with van der Waals surface area (Å²) in [6, 6.07) is 11.9. The maximum Gasteiger partial charge on any atom is 0.191 e. The molecule has 0 spiro atoms. The van der Waals surface area contributed by atoms with Crippen LogP contribution in [0.3, 0.4) is 0 Å². The van der Waals surface area contributed by atoms with Gasteiger partial charge in [0.2, 0.25) is 0 Å². The number of benzene rings is 2. The fourth-order valence-electron chi connectivity index (χ4n) is 2.84. The van der Waals surface area contributed by atoms with Gasteiger partial charge in [0, 0.05) is 32.0 Å². The molecule has 0 amide bonds. The first-order valence-electron chi connectivity index (χ1n) is 9.63. The zero-order valence-electron chi connectivity index (χ0n) is 18.1. The highest BCUT2D eigenvalue weighted by atomic mass is 32.2. The molecule has 0 saturated carbocycles. The third-order valence-corrected chi connectivity index (χ3v) is 4.93. The fourth-order valence-corrected chi connectivity index (χ4v) is 3.69. The lowest BCUT2D eigenvalue weighted by Crippen LogP contribution is -2.36. The molecular weight excluding hydrogens is 405 g/mol. The van der Waals surface area contributed by atoms with Crippen molar-refractivity contribution in [2.45, 2.75) is 45.2 Å². The highest BCUT2D eigenvalue weighted by Gasteiger charge is 2.15. The number of nitrogens with zero attached hydrogens (tertiary/aromatic N) is 1. The summed E-state index contributed by atoms with van der Waals surface area (Å²) < 4.78 is 43.0. The SMILES string of the molecule is CN=C(NCc1cc(F)ccc1CS(C)(=O)=O)NCc1ccccc1OC(C)(C)C. The predicted molar refractivity (Wildman–Crippen MR) is 119 cm³/mol. The molecule has 0 saturated heterocycles. The number of hydrogen-bond donors (Lipinski definition) is 2. The third-order valence-electron chi connectivity index (χ3n) is 4.09. The van der Waals surface area contributed by atoms with Crippen LogP contribution in [0.2, 0.25) is 0 Å². The molecule has 30 heavy (non-hydrogen) atoms. The molecule has 2 rings (SSSR count). The predicted octanol–water partition coefficient (Wildman–Crippen LogP) is 3.41. The Morgan fingerprint density at radius 1 is 1.03 bits per heavy atom. The average molecular weight is 436 g/mol. The van der Waals surface area contributed by atoms with Crippen molar-refractivity contribution in [2.75, 3.05) is 13.3 Å². The van der Waals surface area contributed by atoms with E-state index < -0.39 is 15.7 Å². The van der Waals surface area contributed by atoms with E-state index in [0.29, 0.717) is 23.6 Å². The number of halogens is 1. The summed E-state index contributed by atoms with van der Waals surface area (Å²) in [5.74, 6) is 0.734. The van der Waals surface area contributed by atoms with Crippen LogP contribution in [0, 0.1) is 5.82 Å². The van der Waals surface area contributed by atoms with Crippen LogP contribution in [0.1, 0.15) is 37.5 Å². The number of sulfone groups is 1. The third kappa shape index (κ3) is 8.02. The molecule has 0 heterocycles. The van der Waals surface area contributed by atoms with Gasteiger partial charge in [0.25, 0.3) is 0 Å². The molecule has 2 N–H and O–H groups in total. The standard InChI is InChI=1S/C22H30FN3O3S/c1-22(2,3)29-20-9-7-6-8-16(20)13-25-21(24-4)26-14-18-12-19(23)11-10-17(18)15-30(5,27)28/h6-12H,13-15H2,1-5H3,(H2,24,25,26). The van der Waals surface area contributed by atoms with E-state index in [9.17, 15) is 12.8 Å². The summed E-state index contributed by atoms with van der Waals surface area (Å²) in [4.78, 5) is 4.19. The van der Waals surface area contributed by atoms with Gasteiger partial charge in [0.05, 0.1) is 5.75 Å². The molecule has 0 radical (unpaired) electrons. The lowest BCUT2D eigenvalue weighted by Gasteiger charge is -2.23. The molecule has 0 unspecified atom stereocenters. The Labute approximate surface area is 178 Å². The maximum absolute atomic E-state index is 13.7. The number of aliphatic imine (C=N–C) groups is 1. The Hall–Kier alpha value is -2.61. The largest absolute Gasteiger partial charge is 0.488 e. The zero-order chi connectivity index (χ0) is 22.4. The normalized spacial score (nSPS) is 12.5. The van der Waals surface area contributed by atoms with Gasteiger partial charge < -0.3 is 15.4 Å². The Morgan fingerprint density at radius 2 is 1.67 bits per heavy atom. The average Bonchev–Trinajstić information content (AvgIpc) is 2.62. The molecule has 0 atom stereocenters. The van der Waals surface area contributed by atoms with Crippen molar-refractivity contribution in [3.8, 4) is 5.75 Å². The summed E-state index contributed by atoms with van der Waals surface area (Å²) in [7, 11) is -1.60. The van der Waals surface area contributed by atoms with Crippen LogP contribution in [-0.4, -0.2) is 33.3 Å². The van der Waals surface area contributed by atoms with Crippen molar-refractivity contribution in [2.24, 2.45) is 4.99 Å². The summed E-state index contributed by atoms with van der Waals surface area (Å²) in [6.45, 7) is 6.69. The second kappa shape index (κ2) is 9.93. The van der Waals surface area contributed by atoms with Crippen LogP contribution in [0.4, 0.5) is 4.39 Å². The molecule has 0 aliphatic carbocycles. The van der Waals surface area contributed by atoms with E-state index in [1.54, 1.807) is 7.05 Å². The van der Waals surface area contributed by atoms with Gasteiger partial charge >= 0.3 is 0 Å². The van der Waals surface area contributed by atoms with Gasteiger partial charge in [-0.1, -0.05) is 24.3 Å². The number of hydrogen-bond acceptors (Lipinski definition) is 4. The Morgan fingerprint density at radius 3 is 2.27 bits per heavy atom. The van der Waals surface area contributed by atoms with Gasteiger partial charge in [0.15, 0.2) is 15.8 Å². The molecule has 0 aliphatic heterocycles. The van der Waals surface area contributed by atoms with Crippen LogP contribution in [0.15, 0.2) is 47.5 Å². The second-order valence-electron chi connectivity index (χ2n) is 8.08. The molecule has 0 aromatic heterocycles. The van der Waals surface area contributed by atoms with Gasteiger partial charge in [-0.05, 0) is 50.1 Å². The van der Waals surface area contributed by atoms with E-state index in [1.807, 2.05) is 45.0 Å². The monoisotopic (exact) mass is 435 g/mol. The van der Waals surface area contributed by atoms with E-state index >= 15 is 0 Å². The Kier molecular flexibility index (Phi) is 7.83. The quantitative estimate of drug-likeness (QED) is 0.515. The molecule has 0 bridgehead atoms. The van der Waals surface area contributed by atoms with Crippen LogP contribution in [-0.2, 0) is 28.7 Å². The summed E-state index contributed by atoms with van der Waals surface area (Å²) in [5.41, 5.74) is 1.79. The number of rotatable bonds is 7. The van der Waals surface area contributed by atoms with Gasteiger partial charge in [-0.3, -0.25) is 4.99 Å². The fraction of sp³-hybridized carbons (Fsp3) is 0.409. The molecule has 2 aromatic carbocycles. The Balaban J connectivity index is 2.06. The van der Waals surface area contributed by atoms with E-state index in [4.69, 9.17) is 4.74 Å². The smallest absolute Gasteiger partial charge is 0.191 e. The van der Waals surface area contributed by atoms with Crippen molar-refractivity contribution < 1.29 is 17.5 Å². The van der Waals surface area contributed by atoms with Gasteiger partial charge in [-0.2, -0.15) is 0 Å². The second-order valence-corrected chi connectivity index (χ2v) is 10.2. The number of ether oxygens (including phenoxy) is 1. The van der Waals surface area contributed by atoms with Gasteiger partial charge in [-0.25, -0.2) is 12.8 Å². The van der Waals surface area contributed by atoms with E-state index in [-0.39, 0.29) is 17.9 Å². The summed E-state index contributed by atoms with van der Waals surface area (Å²) in [6.07, 6.45) is 1.16. The molecule has 6 nitrogen and oxygen atoms in total. The van der Waals surface area contributed by atoms with Crippen LogP contribution in [0.5, 0.6) is 5.75 Å². The molecule has 0 fully saturated rings. The minimum Gasteiger partial charge on any atom is -0.488 e. The minimum atomic E-state index is -3.23. The summed E-state index contributed by atoms with van der Waals surface area (Å²) in [5, 5.41) is 6.32. The minimum absolute atomic E-state index is 0.145. The first-order valence-corrected chi connectivity index (χ1v) is 11.7. The van der Waals surface area contributed by atoms with Gasteiger partial charge in [0.1, 0.15) is 17.2 Å². The number of nitrogens with one attached hydrogen (secondary N) is 2. The van der Waals surface area contributed by atoms with E-state index in [1.165, 1.54) is 18.2 Å². The van der Waals surface area contributed by atoms with Crippen LogP contribution in [0.25, 0.3) is 0 Å². The van der Waals surface area contributed by atoms with Crippen molar-refractivity contribution in [3.63, 3.8) is 0 Å². The topological polar surface area (TPSA) is 79.8 Å². The molecule has 2 aromatic rings. The van der Waals surface area contributed by atoms with Gasteiger partial charge in [-0.15, -0.1) is 0 Å². The lowest BCUT2D eigenvalue weighted by molar-refractivity contribution is 0.129. The highest BCUT2D eigenvalue weighted by Crippen LogP contribution is 2.22. The first kappa shape index (κ1) is 23.7.